The summed E-state index contributed by atoms with van der Waals surface area (Å²) in [6.07, 6.45) is 3.97. The molecule has 0 rings (SSSR count). The van der Waals surface area contributed by atoms with Gasteiger partial charge in [0.1, 0.15) is 5.54 Å². The van der Waals surface area contributed by atoms with E-state index in [1.165, 1.54) is 7.11 Å². The van der Waals surface area contributed by atoms with Crippen molar-refractivity contribution < 1.29 is 9.53 Å². The van der Waals surface area contributed by atoms with Crippen LogP contribution in [0.2, 0.25) is 0 Å². The lowest BCUT2D eigenvalue weighted by molar-refractivity contribution is -0.148. The largest absolute Gasteiger partial charge is 0.468 e. The Labute approximate surface area is 131 Å². The molecule has 0 aliphatic heterocycles. The Bertz CT molecular complexity index is 300. The average Bonchev–Trinajstić information content (AvgIpc) is 2.38. The monoisotopic (exact) mass is 300 g/mol. The van der Waals surface area contributed by atoms with Gasteiger partial charge in [0.05, 0.1) is 7.11 Å². The summed E-state index contributed by atoms with van der Waals surface area (Å²) < 4.78 is 4.94. The molecule has 0 radical (unpaired) electrons. The summed E-state index contributed by atoms with van der Waals surface area (Å²) >= 11 is 0. The van der Waals surface area contributed by atoms with E-state index in [1.807, 2.05) is 6.92 Å². The first-order valence-corrected chi connectivity index (χ1v) is 8.16. The minimum absolute atomic E-state index is 0.154. The van der Waals surface area contributed by atoms with Crippen molar-refractivity contribution in [3.8, 4) is 0 Å². The fourth-order valence-electron chi connectivity index (χ4n) is 2.64. The van der Waals surface area contributed by atoms with Crippen LogP contribution in [0.5, 0.6) is 0 Å². The lowest BCUT2D eigenvalue weighted by atomic mass is 9.94. The van der Waals surface area contributed by atoms with Gasteiger partial charge in [0.25, 0.3) is 0 Å². The second kappa shape index (κ2) is 9.42. The van der Waals surface area contributed by atoms with E-state index in [9.17, 15) is 4.79 Å². The number of hydrogen-bond donors (Lipinski definition) is 1. The molecule has 4 heteroatoms. The van der Waals surface area contributed by atoms with Gasteiger partial charge in [-0.05, 0) is 58.2 Å². The fourth-order valence-corrected chi connectivity index (χ4v) is 2.64. The highest BCUT2D eigenvalue weighted by molar-refractivity contribution is 5.80. The Morgan fingerprint density at radius 1 is 1.19 bits per heavy atom. The van der Waals surface area contributed by atoms with Crippen molar-refractivity contribution in [3.05, 3.63) is 0 Å². The van der Waals surface area contributed by atoms with Crippen molar-refractivity contribution in [2.75, 3.05) is 33.8 Å². The van der Waals surface area contributed by atoms with Gasteiger partial charge in [-0.15, -0.1) is 0 Å². The first kappa shape index (κ1) is 20.4. The van der Waals surface area contributed by atoms with E-state index in [4.69, 9.17) is 4.74 Å². The molecule has 1 unspecified atom stereocenters. The molecule has 0 aliphatic carbocycles. The van der Waals surface area contributed by atoms with Crippen molar-refractivity contribution in [2.45, 2.75) is 65.8 Å². The number of methoxy groups -OCH3 is 1. The van der Waals surface area contributed by atoms with Gasteiger partial charge >= 0.3 is 5.97 Å². The minimum Gasteiger partial charge on any atom is -0.468 e. The van der Waals surface area contributed by atoms with E-state index >= 15 is 0 Å². The van der Waals surface area contributed by atoms with Gasteiger partial charge in [0.2, 0.25) is 0 Å². The predicted molar refractivity (Wildman–Crippen MR) is 89.5 cm³/mol. The number of nitrogens with one attached hydrogen (secondary N) is 1. The van der Waals surface area contributed by atoms with E-state index in [1.54, 1.807) is 0 Å². The molecule has 0 bridgehead atoms. The Hall–Kier alpha value is -0.610. The SMILES string of the molecule is CCCNC(C)(CCCCN(C)CC(C)(C)C)C(=O)OC. The molecular weight excluding hydrogens is 264 g/mol. The lowest BCUT2D eigenvalue weighted by Gasteiger charge is -2.29. The maximum absolute atomic E-state index is 12.0. The highest BCUT2D eigenvalue weighted by Gasteiger charge is 2.32. The van der Waals surface area contributed by atoms with E-state index in [-0.39, 0.29) is 5.97 Å². The van der Waals surface area contributed by atoms with Crippen LogP contribution < -0.4 is 5.32 Å². The molecule has 0 spiro atoms. The Kier molecular flexibility index (Phi) is 9.14. The van der Waals surface area contributed by atoms with E-state index in [0.717, 1.165) is 45.3 Å². The fraction of sp³-hybridized carbons (Fsp3) is 0.941. The number of esters is 1. The van der Waals surface area contributed by atoms with Crippen LogP contribution in [0.1, 0.15) is 60.3 Å². The number of unbranched alkanes of at least 4 members (excludes halogenated alkanes) is 1. The zero-order chi connectivity index (χ0) is 16.5. The molecule has 0 heterocycles. The van der Waals surface area contributed by atoms with Crippen LogP contribution >= 0.6 is 0 Å². The molecule has 0 aromatic heterocycles. The standard InChI is InChI=1S/C17H36N2O2/c1-8-12-18-17(5,15(20)21-7)11-9-10-13-19(6)14-16(2,3)4/h18H,8-14H2,1-7H3. The van der Waals surface area contributed by atoms with Crippen molar-refractivity contribution in [1.82, 2.24) is 10.2 Å². The Morgan fingerprint density at radius 2 is 1.81 bits per heavy atom. The summed E-state index contributed by atoms with van der Waals surface area (Å²) in [6, 6.07) is 0. The number of carbonyl (C=O) groups is 1. The second-order valence-corrected chi connectivity index (χ2v) is 7.51. The molecule has 0 fully saturated rings. The molecule has 0 saturated carbocycles. The van der Waals surface area contributed by atoms with Gasteiger partial charge in [-0.3, -0.25) is 4.79 Å². The maximum Gasteiger partial charge on any atom is 0.325 e. The molecule has 0 aromatic carbocycles. The van der Waals surface area contributed by atoms with Gasteiger partial charge in [0.15, 0.2) is 0 Å². The minimum atomic E-state index is -0.548. The van der Waals surface area contributed by atoms with Crippen LogP contribution in [0.4, 0.5) is 0 Å². The van der Waals surface area contributed by atoms with Gasteiger partial charge in [0, 0.05) is 6.54 Å². The third kappa shape index (κ3) is 9.10. The number of carbonyl (C=O) groups excluding carboxylic acids is 1. The molecule has 0 aromatic rings. The van der Waals surface area contributed by atoms with Crippen molar-refractivity contribution >= 4 is 5.97 Å². The molecule has 0 amide bonds. The van der Waals surface area contributed by atoms with Crippen molar-refractivity contribution in [3.63, 3.8) is 0 Å². The predicted octanol–water partition coefficient (Wildman–Crippen LogP) is 3.07. The lowest BCUT2D eigenvalue weighted by Crippen LogP contribution is -2.50. The Balaban J connectivity index is 4.17. The second-order valence-electron chi connectivity index (χ2n) is 7.51. The van der Waals surface area contributed by atoms with Crippen molar-refractivity contribution in [1.29, 1.82) is 0 Å². The van der Waals surface area contributed by atoms with Gasteiger partial charge in [-0.1, -0.05) is 27.7 Å². The average molecular weight is 300 g/mol. The third-order valence-electron chi connectivity index (χ3n) is 3.61. The summed E-state index contributed by atoms with van der Waals surface area (Å²) in [5.74, 6) is -0.154. The van der Waals surface area contributed by atoms with E-state index in [2.05, 4.69) is 45.0 Å². The molecule has 126 valence electrons. The van der Waals surface area contributed by atoms with Gasteiger partial charge in [-0.2, -0.15) is 0 Å². The van der Waals surface area contributed by atoms with Crippen molar-refractivity contribution in [2.24, 2.45) is 5.41 Å². The number of nitrogens with zero attached hydrogens (tertiary/aromatic N) is 1. The maximum atomic E-state index is 12.0. The van der Waals surface area contributed by atoms with Crippen LogP contribution in [0.3, 0.4) is 0 Å². The highest BCUT2D eigenvalue weighted by Crippen LogP contribution is 2.18. The zero-order valence-electron chi connectivity index (χ0n) is 15.2. The Morgan fingerprint density at radius 3 is 2.29 bits per heavy atom. The molecule has 0 saturated heterocycles. The molecule has 1 atom stereocenters. The van der Waals surface area contributed by atoms with E-state index < -0.39 is 5.54 Å². The van der Waals surface area contributed by atoms with Gasteiger partial charge in [-0.25, -0.2) is 0 Å². The van der Waals surface area contributed by atoms with Gasteiger partial charge < -0.3 is 15.0 Å². The zero-order valence-corrected chi connectivity index (χ0v) is 15.2. The smallest absolute Gasteiger partial charge is 0.325 e. The molecule has 1 N–H and O–H groups in total. The molecule has 4 nitrogen and oxygen atoms in total. The molecular formula is C17H36N2O2. The number of rotatable bonds is 10. The van der Waals surface area contributed by atoms with Crippen LogP contribution in [0.15, 0.2) is 0 Å². The first-order valence-electron chi connectivity index (χ1n) is 8.16. The van der Waals surface area contributed by atoms with Crippen LogP contribution in [0, 0.1) is 5.41 Å². The van der Waals surface area contributed by atoms with Crippen LogP contribution in [-0.4, -0.2) is 50.2 Å². The summed E-state index contributed by atoms with van der Waals surface area (Å²) in [4.78, 5) is 14.3. The van der Waals surface area contributed by atoms with Crippen LogP contribution in [0.25, 0.3) is 0 Å². The number of ether oxygens (including phenoxy) is 1. The third-order valence-corrected chi connectivity index (χ3v) is 3.61. The quantitative estimate of drug-likeness (QED) is 0.497. The highest BCUT2D eigenvalue weighted by atomic mass is 16.5. The molecule has 0 aliphatic rings. The summed E-state index contributed by atoms with van der Waals surface area (Å²) in [5, 5.41) is 3.33. The topological polar surface area (TPSA) is 41.6 Å². The molecule has 21 heavy (non-hydrogen) atoms. The summed E-state index contributed by atoms with van der Waals surface area (Å²) in [6.45, 7) is 13.8. The summed E-state index contributed by atoms with van der Waals surface area (Å²) in [7, 11) is 3.63. The summed E-state index contributed by atoms with van der Waals surface area (Å²) in [5.41, 5.74) is -0.217. The van der Waals surface area contributed by atoms with Crippen LogP contribution in [-0.2, 0) is 9.53 Å². The number of hydrogen-bond acceptors (Lipinski definition) is 4. The normalized spacial score (nSPS) is 15.0. The van der Waals surface area contributed by atoms with E-state index in [0.29, 0.717) is 5.41 Å². The first-order chi connectivity index (χ1) is 9.64.